The van der Waals surface area contributed by atoms with Crippen molar-refractivity contribution in [2.24, 2.45) is 0 Å². The van der Waals surface area contributed by atoms with Gasteiger partial charge in [0.2, 0.25) is 0 Å². The summed E-state index contributed by atoms with van der Waals surface area (Å²) >= 11 is 1.30. The van der Waals surface area contributed by atoms with E-state index >= 15 is 0 Å². The molecule has 0 radical (unpaired) electrons. The van der Waals surface area contributed by atoms with Gasteiger partial charge < -0.3 is 0 Å². The van der Waals surface area contributed by atoms with Crippen molar-refractivity contribution >= 4 is 38.9 Å². The molecular formula is C16H12Se2. The maximum atomic E-state index is 2.32. The van der Waals surface area contributed by atoms with Crippen molar-refractivity contribution in [2.45, 2.75) is 10.6 Å². The predicted molar refractivity (Wildman–Crippen MR) is 78.6 cm³/mol. The van der Waals surface area contributed by atoms with Gasteiger partial charge in [0.05, 0.1) is 0 Å². The van der Waals surface area contributed by atoms with Crippen molar-refractivity contribution in [3.05, 3.63) is 70.8 Å². The van der Waals surface area contributed by atoms with Crippen molar-refractivity contribution in [1.82, 2.24) is 0 Å². The quantitative estimate of drug-likeness (QED) is 0.633. The van der Waals surface area contributed by atoms with Crippen molar-refractivity contribution in [2.75, 3.05) is 0 Å². The molecule has 2 heterocycles. The minimum absolute atomic E-state index is 0.651. The Morgan fingerprint density at radius 3 is 1.56 bits per heavy atom. The molecule has 2 aromatic carbocycles. The van der Waals surface area contributed by atoms with E-state index in [9.17, 15) is 0 Å². The SMILES string of the molecule is c1ccc2c(c1)C[Se]/C2=C1\[Se]Cc2ccccc21. The zero-order chi connectivity index (χ0) is 11.9. The second kappa shape index (κ2) is 4.40. The van der Waals surface area contributed by atoms with E-state index in [0.29, 0.717) is 29.9 Å². The van der Waals surface area contributed by atoms with E-state index in [1.807, 2.05) is 0 Å². The maximum absolute atomic E-state index is 2.32. The third-order valence-electron chi connectivity index (χ3n) is 3.47. The van der Waals surface area contributed by atoms with E-state index in [0.717, 1.165) is 0 Å². The van der Waals surface area contributed by atoms with Gasteiger partial charge in [0.1, 0.15) is 0 Å². The summed E-state index contributed by atoms with van der Waals surface area (Å²) in [6.45, 7) is 0. The molecule has 0 aliphatic carbocycles. The Labute approximate surface area is 120 Å². The van der Waals surface area contributed by atoms with Crippen LogP contribution in [0, 0.1) is 0 Å². The van der Waals surface area contributed by atoms with Crippen LogP contribution < -0.4 is 0 Å². The molecule has 2 aliphatic heterocycles. The Bertz CT molecular complexity index is 598. The summed E-state index contributed by atoms with van der Waals surface area (Å²) in [5.41, 5.74) is 6.23. The van der Waals surface area contributed by atoms with Gasteiger partial charge in [0, 0.05) is 0 Å². The van der Waals surface area contributed by atoms with Crippen LogP contribution in [0.4, 0.5) is 0 Å². The van der Waals surface area contributed by atoms with Crippen LogP contribution in [0.5, 0.6) is 0 Å². The monoisotopic (exact) mass is 364 g/mol. The third kappa shape index (κ3) is 1.65. The van der Waals surface area contributed by atoms with Crippen molar-refractivity contribution in [3.63, 3.8) is 0 Å². The molecule has 4 rings (SSSR count). The van der Waals surface area contributed by atoms with Gasteiger partial charge >= 0.3 is 120 Å². The van der Waals surface area contributed by atoms with E-state index in [1.54, 1.807) is 31.2 Å². The van der Waals surface area contributed by atoms with Gasteiger partial charge in [0.25, 0.3) is 0 Å². The fourth-order valence-electron chi connectivity index (χ4n) is 2.57. The predicted octanol–water partition coefficient (Wildman–Crippen LogP) is 2.95. The Morgan fingerprint density at radius 1 is 0.611 bits per heavy atom. The normalized spacial score (nSPS) is 20.9. The molecule has 0 saturated carbocycles. The second-order valence-electron chi connectivity index (χ2n) is 4.55. The van der Waals surface area contributed by atoms with Gasteiger partial charge in [-0.1, -0.05) is 0 Å². The molecule has 2 heteroatoms. The standard InChI is InChI=1S/C16H12Se2/c1-3-7-13-11(5-1)9-17-15(13)16-14-8-4-2-6-12(14)10-18-16/h1-8H,9-10H2/b16-15-. The summed E-state index contributed by atoms with van der Waals surface area (Å²) in [5.74, 6) is 0. The first-order chi connectivity index (χ1) is 8.93. The molecule has 0 atom stereocenters. The summed E-state index contributed by atoms with van der Waals surface area (Å²) in [6, 6.07) is 18.0. The van der Waals surface area contributed by atoms with E-state index in [-0.39, 0.29) is 0 Å². The first-order valence-electron chi connectivity index (χ1n) is 6.10. The number of hydrogen-bond acceptors (Lipinski definition) is 0. The van der Waals surface area contributed by atoms with Crippen LogP contribution in [0.3, 0.4) is 0 Å². The van der Waals surface area contributed by atoms with Crippen LogP contribution in [0.2, 0.25) is 0 Å². The van der Waals surface area contributed by atoms with E-state index in [2.05, 4.69) is 48.5 Å². The zero-order valence-electron chi connectivity index (χ0n) is 9.85. The van der Waals surface area contributed by atoms with Crippen molar-refractivity contribution in [1.29, 1.82) is 0 Å². The summed E-state index contributed by atoms with van der Waals surface area (Å²) in [4.78, 5) is 0. The summed E-state index contributed by atoms with van der Waals surface area (Å²) in [6.07, 6.45) is 0. The fourth-order valence-corrected chi connectivity index (χ4v) is 8.67. The van der Waals surface area contributed by atoms with Crippen LogP contribution in [0.25, 0.3) is 8.94 Å². The van der Waals surface area contributed by atoms with Crippen LogP contribution >= 0.6 is 0 Å². The van der Waals surface area contributed by atoms with Crippen molar-refractivity contribution < 1.29 is 0 Å². The molecule has 88 valence electrons. The molecule has 0 spiro atoms. The van der Waals surface area contributed by atoms with Gasteiger partial charge in [-0.15, -0.1) is 0 Å². The van der Waals surface area contributed by atoms with Gasteiger partial charge in [-0.05, 0) is 0 Å². The Morgan fingerprint density at radius 2 is 1.06 bits per heavy atom. The second-order valence-corrected chi connectivity index (χ2v) is 8.69. The number of rotatable bonds is 0. The molecule has 0 N–H and O–H groups in total. The van der Waals surface area contributed by atoms with Crippen LogP contribution in [0.1, 0.15) is 22.3 Å². The summed E-state index contributed by atoms with van der Waals surface area (Å²) < 4.78 is 3.39. The molecule has 0 bridgehead atoms. The molecule has 2 aliphatic rings. The summed E-state index contributed by atoms with van der Waals surface area (Å²) in [5, 5.41) is 2.58. The topological polar surface area (TPSA) is 0 Å². The molecule has 18 heavy (non-hydrogen) atoms. The van der Waals surface area contributed by atoms with Gasteiger partial charge in [-0.25, -0.2) is 0 Å². The molecule has 0 amide bonds. The number of fused-ring (bicyclic) bond motifs is 2. The van der Waals surface area contributed by atoms with Gasteiger partial charge in [0.15, 0.2) is 0 Å². The number of benzene rings is 2. The molecule has 0 unspecified atom stereocenters. The van der Waals surface area contributed by atoms with E-state index in [1.165, 1.54) is 10.6 Å². The van der Waals surface area contributed by atoms with E-state index < -0.39 is 0 Å². The first kappa shape index (κ1) is 11.1. The van der Waals surface area contributed by atoms with Gasteiger partial charge in [-0.2, -0.15) is 0 Å². The number of hydrogen-bond donors (Lipinski definition) is 0. The molecule has 0 saturated heterocycles. The average Bonchev–Trinajstić information content (AvgIpc) is 3.01. The molecule has 0 fully saturated rings. The molecule has 0 aromatic heterocycles. The first-order valence-corrected chi connectivity index (χ1v) is 10.2. The summed E-state index contributed by atoms with van der Waals surface area (Å²) in [7, 11) is 0. The van der Waals surface area contributed by atoms with Crippen LogP contribution in [-0.4, -0.2) is 29.9 Å². The van der Waals surface area contributed by atoms with Crippen LogP contribution in [-0.2, 0) is 10.6 Å². The Hall–Kier alpha value is -0.781. The van der Waals surface area contributed by atoms with Crippen LogP contribution in [0.15, 0.2) is 48.5 Å². The van der Waals surface area contributed by atoms with Gasteiger partial charge in [-0.3, -0.25) is 0 Å². The Kier molecular flexibility index (Phi) is 2.71. The molecular weight excluding hydrogens is 350 g/mol. The van der Waals surface area contributed by atoms with Crippen molar-refractivity contribution in [3.8, 4) is 0 Å². The average molecular weight is 362 g/mol. The van der Waals surface area contributed by atoms with E-state index in [4.69, 9.17) is 0 Å². The molecule has 0 nitrogen and oxygen atoms in total. The third-order valence-corrected chi connectivity index (χ3v) is 9.03. The fraction of sp³-hybridized carbons (Fsp3) is 0.125. The minimum atomic E-state index is 0.651. The zero-order valence-corrected chi connectivity index (χ0v) is 13.3. The molecule has 2 aromatic rings. The Balaban J connectivity index is 1.93.